The number of amides is 1. The van der Waals surface area contributed by atoms with Gasteiger partial charge in [-0.3, -0.25) is 9.48 Å². The zero-order valence-corrected chi connectivity index (χ0v) is 9.10. The molecule has 0 aliphatic carbocycles. The lowest BCUT2D eigenvalue weighted by Crippen LogP contribution is -2.30. The van der Waals surface area contributed by atoms with E-state index in [1.54, 1.807) is 11.7 Å². The summed E-state index contributed by atoms with van der Waals surface area (Å²) in [5, 5.41) is 3.97. The Balaban J connectivity index is 2.21. The average Bonchev–Trinajstić information content (AvgIpc) is 2.73. The van der Waals surface area contributed by atoms with E-state index < -0.39 is 0 Å². The minimum absolute atomic E-state index is 0.00292. The van der Waals surface area contributed by atoms with Gasteiger partial charge in [0.15, 0.2) is 0 Å². The van der Waals surface area contributed by atoms with Crippen LogP contribution in [0.25, 0.3) is 0 Å². The summed E-state index contributed by atoms with van der Waals surface area (Å²) < 4.78 is 1.54. The van der Waals surface area contributed by atoms with E-state index in [0.29, 0.717) is 17.3 Å². The third kappa shape index (κ3) is 1.69. The van der Waals surface area contributed by atoms with Crippen LogP contribution in [-0.2, 0) is 7.05 Å². The maximum absolute atomic E-state index is 12.1. The molecule has 2 rings (SSSR count). The van der Waals surface area contributed by atoms with Crippen LogP contribution in [0.5, 0.6) is 0 Å². The second kappa shape index (κ2) is 3.56. The second-order valence-corrected chi connectivity index (χ2v) is 4.22. The molecule has 1 aliphatic heterocycles. The van der Waals surface area contributed by atoms with Crippen LogP contribution in [0.1, 0.15) is 23.8 Å². The molecule has 1 saturated heterocycles. The zero-order valence-electron chi connectivity index (χ0n) is 9.10. The molecule has 15 heavy (non-hydrogen) atoms. The van der Waals surface area contributed by atoms with E-state index >= 15 is 0 Å². The summed E-state index contributed by atoms with van der Waals surface area (Å²) in [5.41, 5.74) is 6.68. The molecule has 5 heteroatoms. The number of nitrogens with two attached hydrogens (primary N) is 1. The lowest BCUT2D eigenvalue weighted by Gasteiger charge is -2.16. The van der Waals surface area contributed by atoms with E-state index in [4.69, 9.17) is 5.73 Å². The molecule has 1 unspecified atom stereocenters. The highest BCUT2D eigenvalue weighted by molar-refractivity contribution is 5.97. The minimum atomic E-state index is -0.00292. The van der Waals surface area contributed by atoms with Crippen LogP contribution in [0.4, 0.5) is 5.69 Å². The standard InChI is InChI=1S/C10H16N4O/c1-7-3-4-14(6-7)10(15)9-8(11)5-12-13(9)2/h5,7H,3-4,6,11H2,1-2H3. The highest BCUT2D eigenvalue weighted by Crippen LogP contribution is 2.20. The molecule has 0 aromatic carbocycles. The molecule has 1 aromatic rings. The molecule has 0 saturated carbocycles. The van der Waals surface area contributed by atoms with Crippen molar-refractivity contribution in [1.29, 1.82) is 0 Å². The van der Waals surface area contributed by atoms with Gasteiger partial charge < -0.3 is 10.6 Å². The van der Waals surface area contributed by atoms with Crippen LogP contribution in [0.2, 0.25) is 0 Å². The van der Waals surface area contributed by atoms with Crippen molar-refractivity contribution in [3.8, 4) is 0 Å². The average molecular weight is 208 g/mol. The number of hydrogen-bond acceptors (Lipinski definition) is 3. The number of aryl methyl sites for hydroxylation is 1. The van der Waals surface area contributed by atoms with Gasteiger partial charge in [-0.25, -0.2) is 0 Å². The molecular weight excluding hydrogens is 192 g/mol. The fraction of sp³-hybridized carbons (Fsp3) is 0.600. The minimum Gasteiger partial charge on any atom is -0.396 e. The summed E-state index contributed by atoms with van der Waals surface area (Å²) in [6.45, 7) is 3.80. The van der Waals surface area contributed by atoms with E-state index in [-0.39, 0.29) is 5.91 Å². The molecule has 5 nitrogen and oxygen atoms in total. The number of rotatable bonds is 1. The molecule has 0 bridgehead atoms. The SMILES string of the molecule is CC1CCN(C(=O)c2c(N)cnn2C)C1. The van der Waals surface area contributed by atoms with Crippen LogP contribution in [0.15, 0.2) is 6.20 Å². The molecule has 0 radical (unpaired) electrons. The zero-order chi connectivity index (χ0) is 11.0. The van der Waals surface area contributed by atoms with Crippen LogP contribution >= 0.6 is 0 Å². The van der Waals surface area contributed by atoms with Gasteiger partial charge in [-0.15, -0.1) is 0 Å². The van der Waals surface area contributed by atoms with Crippen molar-refractivity contribution in [3.63, 3.8) is 0 Å². The van der Waals surface area contributed by atoms with Gasteiger partial charge in [0.1, 0.15) is 5.69 Å². The Bertz CT molecular complexity index is 365. The van der Waals surface area contributed by atoms with Crippen LogP contribution in [0.3, 0.4) is 0 Å². The Morgan fingerprint density at radius 3 is 2.87 bits per heavy atom. The highest BCUT2D eigenvalue weighted by Gasteiger charge is 2.27. The number of aromatic nitrogens is 2. The molecule has 1 atom stereocenters. The highest BCUT2D eigenvalue weighted by atomic mass is 16.2. The first-order chi connectivity index (χ1) is 7.09. The molecule has 82 valence electrons. The van der Waals surface area contributed by atoms with Gasteiger partial charge in [-0.1, -0.05) is 6.92 Å². The summed E-state index contributed by atoms with van der Waals surface area (Å²) in [6.07, 6.45) is 2.59. The Morgan fingerprint density at radius 2 is 2.40 bits per heavy atom. The Kier molecular flexibility index (Phi) is 2.38. The van der Waals surface area contributed by atoms with Crippen molar-refractivity contribution in [2.45, 2.75) is 13.3 Å². The predicted molar refractivity (Wildman–Crippen MR) is 57.3 cm³/mol. The van der Waals surface area contributed by atoms with Gasteiger partial charge in [0.05, 0.1) is 11.9 Å². The summed E-state index contributed by atoms with van der Waals surface area (Å²) in [7, 11) is 1.74. The molecular formula is C10H16N4O. The number of nitrogens with zero attached hydrogens (tertiary/aromatic N) is 3. The van der Waals surface area contributed by atoms with Gasteiger partial charge >= 0.3 is 0 Å². The number of hydrogen-bond donors (Lipinski definition) is 1. The largest absolute Gasteiger partial charge is 0.396 e. The molecule has 2 heterocycles. The normalized spacial score (nSPS) is 20.9. The van der Waals surface area contributed by atoms with Crippen LogP contribution in [0, 0.1) is 5.92 Å². The summed E-state index contributed by atoms with van der Waals surface area (Å²) in [4.78, 5) is 13.9. The van der Waals surface area contributed by atoms with E-state index in [1.807, 2.05) is 4.90 Å². The first-order valence-electron chi connectivity index (χ1n) is 5.16. The first-order valence-corrected chi connectivity index (χ1v) is 5.16. The summed E-state index contributed by atoms with van der Waals surface area (Å²) in [5.74, 6) is 0.584. The number of carbonyl (C=O) groups is 1. The number of nitrogen functional groups attached to an aromatic ring is 1. The summed E-state index contributed by atoms with van der Waals surface area (Å²) >= 11 is 0. The summed E-state index contributed by atoms with van der Waals surface area (Å²) in [6, 6.07) is 0. The van der Waals surface area contributed by atoms with E-state index in [0.717, 1.165) is 19.5 Å². The molecule has 1 amide bonds. The number of anilines is 1. The monoisotopic (exact) mass is 208 g/mol. The van der Waals surface area contributed by atoms with Crippen LogP contribution in [-0.4, -0.2) is 33.7 Å². The van der Waals surface area contributed by atoms with Crippen molar-refractivity contribution in [1.82, 2.24) is 14.7 Å². The molecule has 0 spiro atoms. The predicted octanol–water partition coefficient (Wildman–Crippen LogP) is 0.484. The molecule has 1 fully saturated rings. The van der Waals surface area contributed by atoms with E-state index in [1.165, 1.54) is 6.20 Å². The fourth-order valence-corrected chi connectivity index (χ4v) is 1.99. The Labute approximate surface area is 88.8 Å². The third-order valence-corrected chi connectivity index (χ3v) is 2.88. The van der Waals surface area contributed by atoms with E-state index in [2.05, 4.69) is 12.0 Å². The van der Waals surface area contributed by atoms with Gasteiger partial charge in [-0.05, 0) is 12.3 Å². The Morgan fingerprint density at radius 1 is 1.67 bits per heavy atom. The van der Waals surface area contributed by atoms with Gasteiger partial charge in [0.25, 0.3) is 5.91 Å². The van der Waals surface area contributed by atoms with Crippen molar-refractivity contribution >= 4 is 11.6 Å². The van der Waals surface area contributed by atoms with Crippen LogP contribution < -0.4 is 5.73 Å². The molecule has 2 N–H and O–H groups in total. The lowest BCUT2D eigenvalue weighted by atomic mass is 10.2. The van der Waals surface area contributed by atoms with Crippen molar-refractivity contribution < 1.29 is 4.79 Å². The maximum Gasteiger partial charge on any atom is 0.274 e. The van der Waals surface area contributed by atoms with Gasteiger partial charge in [0, 0.05) is 20.1 Å². The van der Waals surface area contributed by atoms with Gasteiger partial charge in [-0.2, -0.15) is 5.10 Å². The number of carbonyl (C=O) groups excluding carboxylic acids is 1. The quantitative estimate of drug-likeness (QED) is 0.730. The second-order valence-electron chi connectivity index (χ2n) is 4.22. The van der Waals surface area contributed by atoms with Crippen molar-refractivity contribution in [3.05, 3.63) is 11.9 Å². The van der Waals surface area contributed by atoms with E-state index in [9.17, 15) is 4.79 Å². The molecule has 1 aromatic heterocycles. The fourth-order valence-electron chi connectivity index (χ4n) is 1.99. The molecule has 1 aliphatic rings. The maximum atomic E-state index is 12.1. The third-order valence-electron chi connectivity index (χ3n) is 2.88. The smallest absolute Gasteiger partial charge is 0.274 e. The van der Waals surface area contributed by atoms with Crippen molar-refractivity contribution in [2.24, 2.45) is 13.0 Å². The van der Waals surface area contributed by atoms with Crippen molar-refractivity contribution in [2.75, 3.05) is 18.8 Å². The topological polar surface area (TPSA) is 64.2 Å². The number of likely N-dealkylation sites (tertiary alicyclic amines) is 1. The van der Waals surface area contributed by atoms with Gasteiger partial charge in [0.2, 0.25) is 0 Å². The lowest BCUT2D eigenvalue weighted by molar-refractivity contribution is 0.0778. The first kappa shape index (κ1) is 10.0. The Hall–Kier alpha value is -1.52.